The fourth-order valence-corrected chi connectivity index (χ4v) is 4.28. The second-order valence-electron chi connectivity index (χ2n) is 6.16. The SMILES string of the molecule is CC(=O)CC[C@@]12CCCC[C@@H]1Cc1ccccc12. The Morgan fingerprint density at radius 2 is 2.17 bits per heavy atom. The average Bonchev–Trinajstić information content (AvgIpc) is 2.71. The highest BCUT2D eigenvalue weighted by Crippen LogP contribution is 2.53. The zero-order valence-electron chi connectivity index (χ0n) is 11.2. The lowest BCUT2D eigenvalue weighted by molar-refractivity contribution is -0.117. The zero-order chi connectivity index (χ0) is 12.6. The van der Waals surface area contributed by atoms with Gasteiger partial charge in [-0.15, -0.1) is 0 Å². The summed E-state index contributed by atoms with van der Waals surface area (Å²) in [5.74, 6) is 1.14. The van der Waals surface area contributed by atoms with E-state index < -0.39 is 0 Å². The van der Waals surface area contributed by atoms with Crippen molar-refractivity contribution in [2.24, 2.45) is 5.92 Å². The lowest BCUT2D eigenvalue weighted by Gasteiger charge is -2.40. The molecule has 0 aromatic heterocycles. The summed E-state index contributed by atoms with van der Waals surface area (Å²) < 4.78 is 0. The van der Waals surface area contributed by atoms with E-state index in [-0.39, 0.29) is 0 Å². The second-order valence-corrected chi connectivity index (χ2v) is 6.16. The first-order valence-corrected chi connectivity index (χ1v) is 7.30. The largest absolute Gasteiger partial charge is 0.300 e. The fourth-order valence-electron chi connectivity index (χ4n) is 4.28. The van der Waals surface area contributed by atoms with E-state index in [4.69, 9.17) is 0 Å². The summed E-state index contributed by atoms with van der Waals surface area (Å²) in [5, 5.41) is 0. The van der Waals surface area contributed by atoms with Gasteiger partial charge in [-0.05, 0) is 55.1 Å². The molecule has 0 saturated heterocycles. The molecular weight excluding hydrogens is 220 g/mol. The highest BCUT2D eigenvalue weighted by molar-refractivity contribution is 5.75. The third kappa shape index (κ3) is 1.81. The summed E-state index contributed by atoms with van der Waals surface area (Å²) in [4.78, 5) is 11.4. The van der Waals surface area contributed by atoms with E-state index in [1.807, 2.05) is 0 Å². The topological polar surface area (TPSA) is 17.1 Å². The molecule has 1 saturated carbocycles. The van der Waals surface area contributed by atoms with Crippen molar-refractivity contribution in [2.45, 2.75) is 57.3 Å². The Balaban J connectivity index is 1.97. The van der Waals surface area contributed by atoms with Gasteiger partial charge in [-0.2, -0.15) is 0 Å². The molecular formula is C17H22O. The van der Waals surface area contributed by atoms with Crippen molar-refractivity contribution in [1.29, 1.82) is 0 Å². The number of hydrogen-bond donors (Lipinski definition) is 0. The summed E-state index contributed by atoms with van der Waals surface area (Å²) in [5.41, 5.74) is 3.45. The van der Waals surface area contributed by atoms with Crippen LogP contribution in [-0.2, 0) is 16.6 Å². The maximum Gasteiger partial charge on any atom is 0.129 e. The van der Waals surface area contributed by atoms with E-state index in [2.05, 4.69) is 24.3 Å². The molecule has 0 bridgehead atoms. The van der Waals surface area contributed by atoms with Gasteiger partial charge in [-0.25, -0.2) is 0 Å². The molecule has 3 rings (SSSR count). The molecule has 0 unspecified atom stereocenters. The molecule has 0 radical (unpaired) electrons. The second kappa shape index (κ2) is 4.53. The van der Waals surface area contributed by atoms with Crippen LogP contribution >= 0.6 is 0 Å². The number of ketones is 1. The van der Waals surface area contributed by atoms with Gasteiger partial charge in [0.05, 0.1) is 0 Å². The lowest BCUT2D eigenvalue weighted by atomic mass is 9.63. The lowest BCUT2D eigenvalue weighted by Crippen LogP contribution is -2.35. The minimum absolute atomic E-state index is 0.334. The number of benzene rings is 1. The summed E-state index contributed by atoms with van der Waals surface area (Å²) in [6.45, 7) is 1.73. The molecule has 18 heavy (non-hydrogen) atoms. The van der Waals surface area contributed by atoms with Gasteiger partial charge in [0.15, 0.2) is 0 Å². The minimum atomic E-state index is 0.334. The Morgan fingerprint density at radius 1 is 1.33 bits per heavy atom. The number of fused-ring (bicyclic) bond motifs is 3. The van der Waals surface area contributed by atoms with E-state index in [1.165, 1.54) is 32.1 Å². The Labute approximate surface area is 110 Å². The van der Waals surface area contributed by atoms with Crippen LogP contribution in [0.2, 0.25) is 0 Å². The number of rotatable bonds is 3. The zero-order valence-corrected chi connectivity index (χ0v) is 11.2. The fraction of sp³-hybridized carbons (Fsp3) is 0.588. The van der Waals surface area contributed by atoms with Gasteiger partial charge in [0.1, 0.15) is 5.78 Å². The molecule has 0 amide bonds. The molecule has 96 valence electrons. The van der Waals surface area contributed by atoms with Crippen molar-refractivity contribution in [3.8, 4) is 0 Å². The van der Waals surface area contributed by atoms with Crippen molar-refractivity contribution in [1.82, 2.24) is 0 Å². The van der Waals surface area contributed by atoms with Crippen LogP contribution in [0.3, 0.4) is 0 Å². The quantitative estimate of drug-likeness (QED) is 0.781. The van der Waals surface area contributed by atoms with Crippen LogP contribution in [0.1, 0.15) is 56.6 Å². The minimum Gasteiger partial charge on any atom is -0.300 e. The maximum absolute atomic E-state index is 11.4. The van der Waals surface area contributed by atoms with Crippen LogP contribution in [0.5, 0.6) is 0 Å². The van der Waals surface area contributed by atoms with E-state index in [0.29, 0.717) is 11.2 Å². The van der Waals surface area contributed by atoms with Crippen molar-refractivity contribution in [3.63, 3.8) is 0 Å². The summed E-state index contributed by atoms with van der Waals surface area (Å²) in [6.07, 6.45) is 8.43. The molecule has 0 aliphatic heterocycles. The van der Waals surface area contributed by atoms with Crippen molar-refractivity contribution < 1.29 is 4.79 Å². The normalized spacial score (nSPS) is 29.7. The molecule has 0 N–H and O–H groups in total. The van der Waals surface area contributed by atoms with Gasteiger partial charge in [0, 0.05) is 6.42 Å². The standard InChI is InChI=1S/C17H22O/c1-13(18)9-11-17-10-5-4-7-15(17)12-14-6-2-3-8-16(14)17/h2-3,6,8,15H,4-5,7,9-12H2,1H3/t15-,17+/m1/s1. The monoisotopic (exact) mass is 242 g/mol. The third-order valence-corrected chi connectivity index (χ3v) is 5.15. The first-order valence-electron chi connectivity index (χ1n) is 7.30. The van der Waals surface area contributed by atoms with E-state index in [0.717, 1.165) is 18.8 Å². The number of carbonyl (C=O) groups is 1. The summed E-state index contributed by atoms with van der Waals surface area (Å²) in [6, 6.07) is 8.95. The van der Waals surface area contributed by atoms with Gasteiger partial charge in [0.25, 0.3) is 0 Å². The van der Waals surface area contributed by atoms with Crippen LogP contribution in [0.4, 0.5) is 0 Å². The Bertz CT molecular complexity index is 462. The molecule has 1 aromatic rings. The van der Waals surface area contributed by atoms with E-state index in [1.54, 1.807) is 18.1 Å². The molecule has 2 atom stereocenters. The molecule has 2 aliphatic rings. The molecule has 0 spiro atoms. The van der Waals surface area contributed by atoms with Crippen molar-refractivity contribution >= 4 is 5.78 Å². The molecule has 1 aromatic carbocycles. The van der Waals surface area contributed by atoms with E-state index >= 15 is 0 Å². The van der Waals surface area contributed by atoms with Crippen molar-refractivity contribution in [3.05, 3.63) is 35.4 Å². The van der Waals surface area contributed by atoms with Crippen LogP contribution in [-0.4, -0.2) is 5.78 Å². The first-order chi connectivity index (χ1) is 8.72. The van der Waals surface area contributed by atoms with Gasteiger partial charge >= 0.3 is 0 Å². The van der Waals surface area contributed by atoms with Crippen LogP contribution in [0.15, 0.2) is 24.3 Å². The van der Waals surface area contributed by atoms with Gasteiger partial charge in [-0.3, -0.25) is 0 Å². The van der Waals surface area contributed by atoms with Crippen LogP contribution in [0, 0.1) is 5.92 Å². The summed E-state index contributed by atoms with van der Waals surface area (Å²) >= 11 is 0. The number of Topliss-reactive ketones (excluding diaryl/α,β-unsaturated/α-hetero) is 1. The molecule has 1 nitrogen and oxygen atoms in total. The molecule has 1 fully saturated rings. The summed E-state index contributed by atoms with van der Waals surface area (Å²) in [7, 11) is 0. The van der Waals surface area contributed by atoms with Crippen LogP contribution < -0.4 is 0 Å². The first kappa shape index (κ1) is 12.0. The smallest absolute Gasteiger partial charge is 0.129 e. The highest BCUT2D eigenvalue weighted by atomic mass is 16.1. The van der Waals surface area contributed by atoms with Gasteiger partial charge in [-0.1, -0.05) is 37.1 Å². The van der Waals surface area contributed by atoms with E-state index in [9.17, 15) is 4.79 Å². The average molecular weight is 242 g/mol. The number of carbonyl (C=O) groups excluding carboxylic acids is 1. The Morgan fingerprint density at radius 3 is 3.00 bits per heavy atom. The molecule has 1 heteroatoms. The highest BCUT2D eigenvalue weighted by Gasteiger charge is 2.46. The third-order valence-electron chi connectivity index (χ3n) is 5.15. The molecule has 0 heterocycles. The Hall–Kier alpha value is -1.11. The predicted molar refractivity (Wildman–Crippen MR) is 73.7 cm³/mol. The number of hydrogen-bond acceptors (Lipinski definition) is 1. The van der Waals surface area contributed by atoms with Gasteiger partial charge < -0.3 is 4.79 Å². The Kier molecular flexibility index (Phi) is 3.01. The maximum atomic E-state index is 11.4. The predicted octanol–water partition coefficient (Wildman–Crippen LogP) is 4.04. The van der Waals surface area contributed by atoms with Crippen LogP contribution in [0.25, 0.3) is 0 Å². The van der Waals surface area contributed by atoms with Crippen molar-refractivity contribution in [2.75, 3.05) is 0 Å². The van der Waals surface area contributed by atoms with Gasteiger partial charge in [0.2, 0.25) is 0 Å². The molecule has 2 aliphatic carbocycles.